The summed E-state index contributed by atoms with van der Waals surface area (Å²) in [5, 5.41) is 0.599. The van der Waals surface area contributed by atoms with Crippen LogP contribution in [-0.2, 0) is 10.0 Å². The maximum absolute atomic E-state index is 12.1. The molecule has 2 unspecified atom stereocenters. The Morgan fingerprint density at radius 3 is 2.62 bits per heavy atom. The molecule has 2 atom stereocenters. The Morgan fingerprint density at radius 1 is 1.29 bits per heavy atom. The Labute approximate surface area is 135 Å². The smallest absolute Gasteiger partial charge is 0.212 e. The molecule has 0 heterocycles. The van der Waals surface area contributed by atoms with E-state index in [0.717, 1.165) is 29.8 Å². The number of nitrogens with two attached hydrogens (primary N) is 1. The number of anilines is 1. The molecule has 0 aliphatic heterocycles. The number of hydrogen-bond donors (Lipinski definition) is 2. The molecule has 0 saturated heterocycles. The van der Waals surface area contributed by atoms with Gasteiger partial charge in [-0.2, -0.15) is 11.8 Å². The van der Waals surface area contributed by atoms with Crippen molar-refractivity contribution in [2.45, 2.75) is 35.4 Å². The summed E-state index contributed by atoms with van der Waals surface area (Å²) in [4.78, 5) is 1.04. The van der Waals surface area contributed by atoms with Gasteiger partial charge in [-0.15, -0.1) is 11.8 Å². The number of nitrogen functional groups attached to an aromatic ring is 1. The third kappa shape index (κ3) is 5.73. The summed E-state index contributed by atoms with van der Waals surface area (Å²) in [5.74, 6) is 0.709. The number of sulfonamides is 1. The maximum Gasteiger partial charge on any atom is 0.212 e. The van der Waals surface area contributed by atoms with Crippen LogP contribution in [0, 0.1) is 0 Å². The molecule has 2 rings (SSSR count). The second-order valence-corrected chi connectivity index (χ2v) is 9.40. The highest BCUT2D eigenvalue weighted by atomic mass is 32.2. The summed E-state index contributed by atoms with van der Waals surface area (Å²) < 4.78 is 27.0. The summed E-state index contributed by atoms with van der Waals surface area (Å²) in [6.07, 6.45) is 5.10. The minimum absolute atomic E-state index is 0.119. The first-order valence-electron chi connectivity index (χ1n) is 6.99. The Kier molecular flexibility index (Phi) is 6.28. The summed E-state index contributed by atoms with van der Waals surface area (Å²) in [6, 6.07) is 7.61. The van der Waals surface area contributed by atoms with E-state index in [1.807, 2.05) is 36.0 Å². The Morgan fingerprint density at radius 2 is 2.00 bits per heavy atom. The molecular weight excluding hydrogens is 324 g/mol. The van der Waals surface area contributed by atoms with Crippen LogP contribution in [0.3, 0.4) is 0 Å². The lowest BCUT2D eigenvalue weighted by molar-refractivity contribution is 0.554. The molecule has 0 spiro atoms. The van der Waals surface area contributed by atoms with E-state index in [9.17, 15) is 8.42 Å². The molecular formula is C14H22N2O2S3. The zero-order valence-electron chi connectivity index (χ0n) is 12.1. The van der Waals surface area contributed by atoms with Gasteiger partial charge >= 0.3 is 0 Å². The van der Waals surface area contributed by atoms with Gasteiger partial charge in [-0.25, -0.2) is 13.1 Å². The second-order valence-electron chi connectivity index (χ2n) is 5.22. The molecule has 4 nitrogen and oxygen atoms in total. The number of benzene rings is 1. The lowest BCUT2D eigenvalue weighted by atomic mass is 10.3. The molecule has 21 heavy (non-hydrogen) atoms. The van der Waals surface area contributed by atoms with Gasteiger partial charge in [0.25, 0.3) is 0 Å². The molecule has 7 heteroatoms. The molecule has 1 saturated carbocycles. The van der Waals surface area contributed by atoms with E-state index in [4.69, 9.17) is 5.73 Å². The first kappa shape index (κ1) is 17.0. The van der Waals surface area contributed by atoms with Crippen LogP contribution in [-0.4, -0.2) is 37.5 Å². The van der Waals surface area contributed by atoms with Gasteiger partial charge in [-0.3, -0.25) is 0 Å². The quantitative estimate of drug-likeness (QED) is 0.586. The van der Waals surface area contributed by atoms with Gasteiger partial charge in [-0.1, -0.05) is 0 Å². The number of rotatable bonds is 7. The van der Waals surface area contributed by atoms with E-state index < -0.39 is 10.0 Å². The summed E-state index contributed by atoms with van der Waals surface area (Å²) in [5.41, 5.74) is 6.34. The predicted molar refractivity (Wildman–Crippen MR) is 93.4 cm³/mol. The highest BCUT2D eigenvalue weighted by Gasteiger charge is 2.27. The van der Waals surface area contributed by atoms with Gasteiger partial charge in [0.15, 0.2) is 0 Å². The van der Waals surface area contributed by atoms with Crippen molar-refractivity contribution >= 4 is 39.2 Å². The van der Waals surface area contributed by atoms with Crippen LogP contribution in [0.5, 0.6) is 0 Å². The molecule has 1 aromatic carbocycles. The molecule has 0 bridgehead atoms. The average molecular weight is 347 g/mol. The zero-order valence-corrected chi connectivity index (χ0v) is 14.6. The molecule has 1 aliphatic carbocycles. The van der Waals surface area contributed by atoms with Gasteiger partial charge < -0.3 is 5.73 Å². The monoisotopic (exact) mass is 346 g/mol. The van der Waals surface area contributed by atoms with E-state index in [2.05, 4.69) is 11.0 Å². The second kappa shape index (κ2) is 7.76. The third-order valence-corrected chi connectivity index (χ3v) is 7.37. The minimum Gasteiger partial charge on any atom is -0.399 e. The number of thioether (sulfide) groups is 2. The molecule has 0 radical (unpaired) electrons. The number of hydrogen-bond acceptors (Lipinski definition) is 5. The lowest BCUT2D eigenvalue weighted by Crippen LogP contribution is -2.35. The largest absolute Gasteiger partial charge is 0.399 e. The summed E-state index contributed by atoms with van der Waals surface area (Å²) in [6.45, 7) is 0. The topological polar surface area (TPSA) is 72.2 Å². The fraction of sp³-hybridized carbons (Fsp3) is 0.571. The van der Waals surface area contributed by atoms with Crippen LogP contribution in [0.25, 0.3) is 0 Å². The van der Waals surface area contributed by atoms with Crippen molar-refractivity contribution in [1.29, 1.82) is 0 Å². The van der Waals surface area contributed by atoms with E-state index in [0.29, 0.717) is 11.0 Å². The van der Waals surface area contributed by atoms with Crippen LogP contribution in [0.4, 0.5) is 5.69 Å². The van der Waals surface area contributed by atoms with E-state index in [1.165, 1.54) is 0 Å². The van der Waals surface area contributed by atoms with Crippen LogP contribution < -0.4 is 10.5 Å². The van der Waals surface area contributed by atoms with Gasteiger partial charge in [-0.05, 0) is 49.8 Å². The van der Waals surface area contributed by atoms with Crippen molar-refractivity contribution < 1.29 is 8.42 Å². The Balaban J connectivity index is 1.75. The summed E-state index contributed by atoms with van der Waals surface area (Å²) in [7, 11) is -3.18. The molecule has 1 aliphatic rings. The lowest BCUT2D eigenvalue weighted by Gasteiger charge is -2.13. The standard InChI is InChI=1S/C14H22N2O2S3/c1-19-14-7-4-12(10-14)16-21(17,18)9-8-20-13-5-2-11(15)3-6-13/h2-3,5-6,12,14,16H,4,7-10,15H2,1H3. The fourth-order valence-electron chi connectivity index (χ4n) is 2.41. The van der Waals surface area contributed by atoms with Gasteiger partial charge in [0.2, 0.25) is 10.0 Å². The van der Waals surface area contributed by atoms with Crippen molar-refractivity contribution in [3.05, 3.63) is 24.3 Å². The molecule has 0 amide bonds. The third-order valence-electron chi connectivity index (χ3n) is 3.56. The molecule has 0 aromatic heterocycles. The average Bonchev–Trinajstić information content (AvgIpc) is 2.87. The van der Waals surface area contributed by atoms with Crippen LogP contribution in [0.1, 0.15) is 19.3 Å². The first-order valence-corrected chi connectivity index (χ1v) is 10.9. The van der Waals surface area contributed by atoms with Gasteiger partial charge in [0.1, 0.15) is 0 Å². The first-order chi connectivity index (χ1) is 9.98. The van der Waals surface area contributed by atoms with Crippen molar-refractivity contribution in [2.75, 3.05) is 23.5 Å². The molecule has 1 fully saturated rings. The highest BCUT2D eigenvalue weighted by Crippen LogP contribution is 2.28. The SMILES string of the molecule is CSC1CCC(NS(=O)(=O)CCSc2ccc(N)cc2)C1. The zero-order chi connectivity index (χ0) is 15.3. The molecule has 1 aromatic rings. The van der Waals surface area contributed by atoms with Crippen molar-refractivity contribution in [1.82, 2.24) is 4.72 Å². The Bertz CT molecular complexity index is 546. The predicted octanol–water partition coefficient (Wildman–Crippen LogP) is 2.56. The minimum atomic E-state index is -3.18. The van der Waals surface area contributed by atoms with E-state index in [1.54, 1.807) is 11.8 Å². The van der Waals surface area contributed by atoms with Crippen LogP contribution in [0.2, 0.25) is 0 Å². The highest BCUT2D eigenvalue weighted by molar-refractivity contribution is 8.00. The van der Waals surface area contributed by atoms with Crippen LogP contribution >= 0.6 is 23.5 Å². The maximum atomic E-state index is 12.1. The molecule has 118 valence electrons. The molecule has 3 N–H and O–H groups in total. The van der Waals surface area contributed by atoms with Crippen LogP contribution in [0.15, 0.2) is 29.2 Å². The van der Waals surface area contributed by atoms with Crippen molar-refractivity contribution in [3.63, 3.8) is 0 Å². The van der Waals surface area contributed by atoms with Gasteiger partial charge in [0, 0.05) is 27.6 Å². The summed E-state index contributed by atoms with van der Waals surface area (Å²) >= 11 is 3.37. The van der Waals surface area contributed by atoms with Gasteiger partial charge in [0.05, 0.1) is 5.75 Å². The van der Waals surface area contributed by atoms with E-state index >= 15 is 0 Å². The Hall–Kier alpha value is -0.370. The van der Waals surface area contributed by atoms with E-state index in [-0.39, 0.29) is 11.8 Å². The van der Waals surface area contributed by atoms with Crippen molar-refractivity contribution in [2.24, 2.45) is 0 Å². The number of nitrogens with one attached hydrogen (secondary N) is 1. The van der Waals surface area contributed by atoms with Crippen molar-refractivity contribution in [3.8, 4) is 0 Å². The normalized spacial score (nSPS) is 22.5. The fourth-order valence-corrected chi connectivity index (χ4v) is 5.82.